The fraction of sp³-hybridized carbons (Fsp3) is 0.133. The number of nitrogen functional groups attached to an aromatic ring is 1. The number of nitrogens with zero attached hydrogens (tertiary/aromatic N) is 1. The standard InChI is InChI=1S/C15H14BrN3O/c1-2-20-15-8-11(4-5-13(15)18)19-14-6-3-10(9-17)7-12(14)16/h3-8,19H,2,18H2,1H3. The van der Waals surface area contributed by atoms with Gasteiger partial charge in [-0.15, -0.1) is 0 Å². The molecular weight excluding hydrogens is 318 g/mol. The predicted molar refractivity (Wildman–Crippen MR) is 84.2 cm³/mol. The molecule has 20 heavy (non-hydrogen) atoms. The van der Waals surface area contributed by atoms with Crippen LogP contribution in [0.4, 0.5) is 17.1 Å². The van der Waals surface area contributed by atoms with Crippen LogP contribution in [0, 0.1) is 11.3 Å². The number of rotatable bonds is 4. The average molecular weight is 332 g/mol. The molecule has 3 N–H and O–H groups in total. The van der Waals surface area contributed by atoms with Crippen molar-refractivity contribution < 1.29 is 4.74 Å². The minimum absolute atomic E-state index is 0.564. The van der Waals surface area contributed by atoms with E-state index >= 15 is 0 Å². The molecule has 0 amide bonds. The first-order valence-electron chi connectivity index (χ1n) is 6.13. The van der Waals surface area contributed by atoms with E-state index in [0.29, 0.717) is 23.6 Å². The van der Waals surface area contributed by atoms with Gasteiger partial charge in [-0.3, -0.25) is 0 Å². The zero-order valence-electron chi connectivity index (χ0n) is 11.0. The molecule has 2 aromatic rings. The van der Waals surface area contributed by atoms with E-state index < -0.39 is 0 Å². The van der Waals surface area contributed by atoms with Crippen LogP contribution >= 0.6 is 15.9 Å². The summed E-state index contributed by atoms with van der Waals surface area (Å²) in [6.07, 6.45) is 0. The van der Waals surface area contributed by atoms with Gasteiger partial charge in [0, 0.05) is 16.2 Å². The zero-order chi connectivity index (χ0) is 14.5. The normalized spacial score (nSPS) is 9.85. The number of nitrogens with two attached hydrogens (primary N) is 1. The van der Waals surface area contributed by atoms with Crippen molar-refractivity contribution in [2.45, 2.75) is 6.92 Å². The Morgan fingerprint density at radius 1 is 1.30 bits per heavy atom. The minimum atomic E-state index is 0.564. The monoisotopic (exact) mass is 331 g/mol. The maximum absolute atomic E-state index is 8.85. The minimum Gasteiger partial charge on any atom is -0.492 e. The van der Waals surface area contributed by atoms with E-state index in [0.717, 1.165) is 15.8 Å². The third kappa shape index (κ3) is 3.22. The molecule has 0 radical (unpaired) electrons. The molecule has 0 fully saturated rings. The van der Waals surface area contributed by atoms with Crippen LogP contribution in [0.3, 0.4) is 0 Å². The van der Waals surface area contributed by atoms with Crippen molar-refractivity contribution in [2.75, 3.05) is 17.7 Å². The van der Waals surface area contributed by atoms with Crippen LogP contribution in [0.1, 0.15) is 12.5 Å². The summed E-state index contributed by atoms with van der Waals surface area (Å²) in [6, 6.07) is 13.0. The summed E-state index contributed by atoms with van der Waals surface area (Å²) in [5.41, 5.74) is 8.79. The highest BCUT2D eigenvalue weighted by Crippen LogP contribution is 2.30. The molecule has 0 aliphatic carbocycles. The molecular formula is C15H14BrN3O. The van der Waals surface area contributed by atoms with E-state index in [1.807, 2.05) is 25.1 Å². The van der Waals surface area contributed by atoms with E-state index in [9.17, 15) is 0 Å². The topological polar surface area (TPSA) is 71.1 Å². The second-order valence-electron chi connectivity index (χ2n) is 4.12. The van der Waals surface area contributed by atoms with Crippen LogP contribution in [0.25, 0.3) is 0 Å². The Hall–Kier alpha value is -2.19. The van der Waals surface area contributed by atoms with Gasteiger partial charge in [-0.25, -0.2) is 0 Å². The van der Waals surface area contributed by atoms with Crippen molar-refractivity contribution >= 4 is 33.0 Å². The summed E-state index contributed by atoms with van der Waals surface area (Å²) < 4.78 is 6.29. The predicted octanol–water partition coefficient (Wildman–Crippen LogP) is 4.05. The van der Waals surface area contributed by atoms with Crippen LogP contribution < -0.4 is 15.8 Å². The molecule has 0 bridgehead atoms. The molecule has 102 valence electrons. The van der Waals surface area contributed by atoms with Crippen LogP contribution in [-0.4, -0.2) is 6.61 Å². The molecule has 0 unspecified atom stereocenters. The highest BCUT2D eigenvalue weighted by Gasteiger charge is 2.05. The van der Waals surface area contributed by atoms with E-state index in [1.165, 1.54) is 0 Å². The molecule has 4 nitrogen and oxygen atoms in total. The maximum atomic E-state index is 8.85. The summed E-state index contributed by atoms with van der Waals surface area (Å²) >= 11 is 3.44. The summed E-state index contributed by atoms with van der Waals surface area (Å²) in [4.78, 5) is 0. The summed E-state index contributed by atoms with van der Waals surface area (Å²) in [5, 5.41) is 12.1. The molecule has 0 atom stereocenters. The lowest BCUT2D eigenvalue weighted by molar-refractivity contribution is 0.342. The quantitative estimate of drug-likeness (QED) is 0.829. The molecule has 0 aromatic heterocycles. The number of hydrogen-bond acceptors (Lipinski definition) is 4. The summed E-state index contributed by atoms with van der Waals surface area (Å²) in [6.45, 7) is 2.48. The first kappa shape index (κ1) is 14.2. The van der Waals surface area contributed by atoms with Crippen LogP contribution in [0.5, 0.6) is 5.75 Å². The van der Waals surface area contributed by atoms with Crippen molar-refractivity contribution in [1.82, 2.24) is 0 Å². The van der Waals surface area contributed by atoms with Crippen LogP contribution in [-0.2, 0) is 0 Å². The van der Waals surface area contributed by atoms with Gasteiger partial charge in [-0.05, 0) is 53.2 Å². The first-order chi connectivity index (χ1) is 9.63. The van der Waals surface area contributed by atoms with Crippen molar-refractivity contribution in [1.29, 1.82) is 5.26 Å². The smallest absolute Gasteiger partial charge is 0.144 e. The first-order valence-corrected chi connectivity index (χ1v) is 6.92. The number of nitriles is 1. The number of nitrogens with one attached hydrogen (secondary N) is 1. The molecule has 0 saturated heterocycles. The van der Waals surface area contributed by atoms with Gasteiger partial charge in [-0.1, -0.05) is 0 Å². The van der Waals surface area contributed by atoms with E-state index in [4.69, 9.17) is 15.7 Å². The van der Waals surface area contributed by atoms with Crippen molar-refractivity contribution in [3.05, 3.63) is 46.4 Å². The highest BCUT2D eigenvalue weighted by atomic mass is 79.9. The van der Waals surface area contributed by atoms with Crippen LogP contribution in [0.2, 0.25) is 0 Å². The van der Waals surface area contributed by atoms with Crippen molar-refractivity contribution in [3.8, 4) is 11.8 Å². The van der Waals surface area contributed by atoms with Crippen molar-refractivity contribution in [3.63, 3.8) is 0 Å². The molecule has 0 aliphatic rings. The summed E-state index contributed by atoms with van der Waals surface area (Å²) in [7, 11) is 0. The number of anilines is 3. The molecule has 0 aliphatic heterocycles. The van der Waals surface area contributed by atoms with Gasteiger partial charge < -0.3 is 15.8 Å². The van der Waals surface area contributed by atoms with Gasteiger partial charge in [0.15, 0.2) is 0 Å². The largest absolute Gasteiger partial charge is 0.492 e. The molecule has 2 aromatic carbocycles. The number of benzene rings is 2. The molecule has 2 rings (SSSR count). The SMILES string of the molecule is CCOc1cc(Nc2ccc(C#N)cc2Br)ccc1N. The molecule has 5 heteroatoms. The Kier molecular flexibility index (Phi) is 4.49. The Labute approximate surface area is 126 Å². The highest BCUT2D eigenvalue weighted by molar-refractivity contribution is 9.10. The van der Waals surface area contributed by atoms with Gasteiger partial charge in [0.1, 0.15) is 5.75 Å². The van der Waals surface area contributed by atoms with Crippen molar-refractivity contribution in [2.24, 2.45) is 0 Å². The van der Waals surface area contributed by atoms with E-state index in [2.05, 4.69) is 27.3 Å². The zero-order valence-corrected chi connectivity index (χ0v) is 12.6. The third-order valence-electron chi connectivity index (χ3n) is 2.69. The van der Waals surface area contributed by atoms with E-state index in [1.54, 1.807) is 18.2 Å². The lowest BCUT2D eigenvalue weighted by atomic mass is 10.2. The Bertz CT molecular complexity index is 665. The van der Waals surface area contributed by atoms with Gasteiger partial charge in [0.25, 0.3) is 0 Å². The Morgan fingerprint density at radius 2 is 2.10 bits per heavy atom. The fourth-order valence-electron chi connectivity index (χ4n) is 1.73. The Morgan fingerprint density at radius 3 is 2.75 bits per heavy atom. The number of hydrogen-bond donors (Lipinski definition) is 2. The molecule has 0 heterocycles. The lowest BCUT2D eigenvalue weighted by Crippen LogP contribution is -1.98. The van der Waals surface area contributed by atoms with Gasteiger partial charge >= 0.3 is 0 Å². The molecule has 0 saturated carbocycles. The van der Waals surface area contributed by atoms with Gasteiger partial charge in [0.2, 0.25) is 0 Å². The summed E-state index contributed by atoms with van der Waals surface area (Å²) in [5.74, 6) is 0.655. The fourth-order valence-corrected chi connectivity index (χ4v) is 2.21. The van der Waals surface area contributed by atoms with Gasteiger partial charge in [0.05, 0.1) is 29.6 Å². The average Bonchev–Trinajstić information content (AvgIpc) is 2.45. The number of ether oxygens (including phenoxy) is 1. The van der Waals surface area contributed by atoms with Crippen LogP contribution in [0.15, 0.2) is 40.9 Å². The van der Waals surface area contributed by atoms with Gasteiger partial charge in [-0.2, -0.15) is 5.26 Å². The third-order valence-corrected chi connectivity index (χ3v) is 3.35. The van der Waals surface area contributed by atoms with E-state index in [-0.39, 0.29) is 0 Å². The number of halogens is 1. The Balaban J connectivity index is 2.26. The second kappa shape index (κ2) is 6.31. The maximum Gasteiger partial charge on any atom is 0.144 e. The molecule has 0 spiro atoms. The second-order valence-corrected chi connectivity index (χ2v) is 4.97. The lowest BCUT2D eigenvalue weighted by Gasteiger charge is -2.12.